The zero-order valence-electron chi connectivity index (χ0n) is 13.8. The average Bonchev–Trinajstić information content (AvgIpc) is 3.12. The number of nitrogens with two attached hydrogens (primary N) is 1. The van der Waals surface area contributed by atoms with Crippen LogP contribution < -0.4 is 5.73 Å². The van der Waals surface area contributed by atoms with Crippen molar-refractivity contribution in [3.63, 3.8) is 0 Å². The molecule has 2 N–H and O–H groups in total. The molecule has 130 valence electrons. The molecule has 0 aliphatic carbocycles. The average molecular weight is 369 g/mol. The number of nitrogens with zero attached hydrogens (tertiary/aromatic N) is 3. The quantitative estimate of drug-likeness (QED) is 0.903. The van der Waals surface area contributed by atoms with E-state index in [0.29, 0.717) is 23.7 Å². The summed E-state index contributed by atoms with van der Waals surface area (Å²) in [5.74, 6) is 0.168. The van der Waals surface area contributed by atoms with Crippen LogP contribution in [0.4, 0.5) is 0 Å². The number of hydrogen-bond acceptors (Lipinski definition) is 3. The van der Waals surface area contributed by atoms with E-state index in [2.05, 4.69) is 18.9 Å². The molecule has 5 nitrogen and oxygen atoms in total. The molecular formula is C17H22Cl2N4O. The molecule has 0 unspecified atom stereocenters. The van der Waals surface area contributed by atoms with E-state index >= 15 is 0 Å². The normalized spacial score (nSPS) is 17.2. The first-order valence-corrected chi connectivity index (χ1v) is 8.24. The van der Waals surface area contributed by atoms with Crippen LogP contribution in [0.1, 0.15) is 42.2 Å². The van der Waals surface area contributed by atoms with Gasteiger partial charge in [-0.1, -0.05) is 31.5 Å². The van der Waals surface area contributed by atoms with Crippen molar-refractivity contribution in [2.45, 2.75) is 32.2 Å². The van der Waals surface area contributed by atoms with Gasteiger partial charge in [0.15, 0.2) is 0 Å². The van der Waals surface area contributed by atoms with Crippen LogP contribution in [0.5, 0.6) is 0 Å². The second-order valence-electron chi connectivity index (χ2n) is 6.29. The van der Waals surface area contributed by atoms with E-state index in [0.717, 1.165) is 17.8 Å². The van der Waals surface area contributed by atoms with Gasteiger partial charge >= 0.3 is 0 Å². The van der Waals surface area contributed by atoms with E-state index in [1.807, 2.05) is 29.2 Å². The molecule has 1 amide bonds. The van der Waals surface area contributed by atoms with Crippen LogP contribution in [0.25, 0.3) is 5.69 Å². The molecule has 7 heteroatoms. The van der Waals surface area contributed by atoms with E-state index in [1.54, 1.807) is 10.9 Å². The minimum atomic E-state index is 0. The highest BCUT2D eigenvalue weighted by Crippen LogP contribution is 2.26. The fraction of sp³-hybridized carbons (Fsp3) is 0.412. The Bertz CT molecular complexity index is 729. The lowest BCUT2D eigenvalue weighted by Gasteiger charge is -2.18. The van der Waals surface area contributed by atoms with Crippen LogP contribution in [0.15, 0.2) is 30.5 Å². The van der Waals surface area contributed by atoms with E-state index in [9.17, 15) is 4.79 Å². The van der Waals surface area contributed by atoms with Crippen LogP contribution in [-0.4, -0.2) is 39.7 Å². The highest BCUT2D eigenvalue weighted by atomic mass is 35.5. The summed E-state index contributed by atoms with van der Waals surface area (Å²) in [6.07, 6.45) is 2.51. The molecule has 1 aromatic carbocycles. The molecule has 0 radical (unpaired) electrons. The van der Waals surface area contributed by atoms with Crippen molar-refractivity contribution in [3.05, 3.63) is 46.7 Å². The lowest BCUT2D eigenvalue weighted by molar-refractivity contribution is 0.0789. The second-order valence-corrected chi connectivity index (χ2v) is 6.73. The van der Waals surface area contributed by atoms with Gasteiger partial charge in [0.2, 0.25) is 0 Å². The number of halogens is 2. The first kappa shape index (κ1) is 18.8. The molecule has 2 heterocycles. The maximum absolute atomic E-state index is 12.8. The third-order valence-electron chi connectivity index (χ3n) is 4.15. The maximum Gasteiger partial charge on any atom is 0.257 e. The van der Waals surface area contributed by atoms with Gasteiger partial charge in [-0.2, -0.15) is 5.10 Å². The summed E-state index contributed by atoms with van der Waals surface area (Å²) in [6.45, 7) is 5.44. The number of hydrogen-bond donors (Lipinski definition) is 1. The molecule has 0 saturated carbocycles. The van der Waals surface area contributed by atoms with Crippen LogP contribution in [0.2, 0.25) is 5.02 Å². The first-order valence-electron chi connectivity index (χ1n) is 7.86. The molecule has 0 bridgehead atoms. The number of carbonyl (C=O) groups is 1. The van der Waals surface area contributed by atoms with Crippen molar-refractivity contribution in [2.24, 2.45) is 5.73 Å². The predicted molar refractivity (Wildman–Crippen MR) is 98.4 cm³/mol. The van der Waals surface area contributed by atoms with Crippen molar-refractivity contribution in [2.75, 3.05) is 13.1 Å². The summed E-state index contributed by atoms with van der Waals surface area (Å²) >= 11 is 6.09. The minimum Gasteiger partial charge on any atom is -0.337 e. The third-order valence-corrected chi connectivity index (χ3v) is 4.38. The van der Waals surface area contributed by atoms with Gasteiger partial charge in [-0.05, 0) is 30.5 Å². The summed E-state index contributed by atoms with van der Waals surface area (Å²) in [5.41, 5.74) is 8.33. The van der Waals surface area contributed by atoms with Crippen molar-refractivity contribution in [3.8, 4) is 5.69 Å². The van der Waals surface area contributed by atoms with Crippen LogP contribution in [-0.2, 0) is 0 Å². The summed E-state index contributed by atoms with van der Waals surface area (Å²) in [7, 11) is 0. The zero-order valence-corrected chi connectivity index (χ0v) is 15.3. The summed E-state index contributed by atoms with van der Waals surface area (Å²) in [5, 5.41) is 5.08. The number of benzene rings is 1. The number of amides is 1. The van der Waals surface area contributed by atoms with Gasteiger partial charge in [0, 0.05) is 24.2 Å². The maximum atomic E-state index is 12.8. The van der Waals surface area contributed by atoms with Crippen molar-refractivity contribution in [1.29, 1.82) is 0 Å². The van der Waals surface area contributed by atoms with Gasteiger partial charge in [0.1, 0.15) is 0 Å². The van der Waals surface area contributed by atoms with E-state index in [-0.39, 0.29) is 30.3 Å². The Morgan fingerprint density at radius 3 is 2.75 bits per heavy atom. The van der Waals surface area contributed by atoms with Gasteiger partial charge < -0.3 is 10.6 Å². The van der Waals surface area contributed by atoms with Gasteiger partial charge in [0.05, 0.1) is 23.1 Å². The molecule has 3 rings (SSSR count). The molecule has 1 atom stereocenters. The Kier molecular flexibility index (Phi) is 5.91. The summed E-state index contributed by atoms with van der Waals surface area (Å²) < 4.78 is 1.81. The molecule has 1 aliphatic heterocycles. The van der Waals surface area contributed by atoms with Crippen LogP contribution in [0.3, 0.4) is 0 Å². The third kappa shape index (κ3) is 3.58. The standard InChI is InChI=1S/C17H21ClN4O.ClH/c1-11(2)16-15(17(23)21-7-6-13(19)10-21)9-20-22(16)14-5-3-4-12(18)8-14;/h3-5,8-9,11,13H,6-7,10,19H2,1-2H3;1H/t13-;/m0./s1. The predicted octanol–water partition coefficient (Wildman–Crippen LogP) is 3.24. The van der Waals surface area contributed by atoms with E-state index < -0.39 is 0 Å². The number of likely N-dealkylation sites (tertiary alicyclic amines) is 1. The van der Waals surface area contributed by atoms with Gasteiger partial charge in [-0.25, -0.2) is 4.68 Å². The lowest BCUT2D eigenvalue weighted by Crippen LogP contribution is -2.32. The Morgan fingerprint density at radius 1 is 1.42 bits per heavy atom. The molecule has 1 aliphatic rings. The fourth-order valence-corrected chi connectivity index (χ4v) is 3.22. The van der Waals surface area contributed by atoms with E-state index in [1.165, 1.54) is 0 Å². The lowest BCUT2D eigenvalue weighted by atomic mass is 10.0. The summed E-state index contributed by atoms with van der Waals surface area (Å²) in [4.78, 5) is 14.6. The van der Waals surface area contributed by atoms with Crippen molar-refractivity contribution >= 4 is 29.9 Å². The molecule has 24 heavy (non-hydrogen) atoms. The van der Waals surface area contributed by atoms with Gasteiger partial charge in [-0.3, -0.25) is 4.79 Å². The summed E-state index contributed by atoms with van der Waals surface area (Å²) in [6, 6.07) is 7.56. The fourth-order valence-electron chi connectivity index (χ4n) is 3.03. The molecular weight excluding hydrogens is 347 g/mol. The molecule has 2 aromatic rings. The Morgan fingerprint density at radius 2 is 2.17 bits per heavy atom. The second kappa shape index (κ2) is 7.55. The molecule has 1 aromatic heterocycles. The van der Waals surface area contributed by atoms with Crippen LogP contribution in [0, 0.1) is 0 Å². The minimum absolute atomic E-state index is 0. The smallest absolute Gasteiger partial charge is 0.257 e. The SMILES string of the molecule is CC(C)c1c(C(=O)N2CC[C@H](N)C2)cnn1-c1cccc(Cl)c1.Cl. The molecule has 0 spiro atoms. The van der Waals surface area contributed by atoms with Crippen molar-refractivity contribution < 1.29 is 4.79 Å². The first-order chi connectivity index (χ1) is 11.0. The van der Waals surface area contributed by atoms with Gasteiger partial charge in [0.25, 0.3) is 5.91 Å². The Hall–Kier alpha value is -1.56. The number of carbonyl (C=O) groups excluding carboxylic acids is 1. The number of aromatic nitrogens is 2. The van der Waals surface area contributed by atoms with Gasteiger partial charge in [-0.15, -0.1) is 12.4 Å². The van der Waals surface area contributed by atoms with Crippen molar-refractivity contribution in [1.82, 2.24) is 14.7 Å². The largest absolute Gasteiger partial charge is 0.337 e. The molecule has 1 saturated heterocycles. The number of rotatable bonds is 3. The highest BCUT2D eigenvalue weighted by molar-refractivity contribution is 6.30. The molecule has 1 fully saturated rings. The monoisotopic (exact) mass is 368 g/mol. The highest BCUT2D eigenvalue weighted by Gasteiger charge is 2.29. The Balaban J connectivity index is 0.00000208. The van der Waals surface area contributed by atoms with Crippen LogP contribution >= 0.6 is 24.0 Å². The Labute approximate surface area is 153 Å². The van der Waals surface area contributed by atoms with E-state index in [4.69, 9.17) is 17.3 Å². The topological polar surface area (TPSA) is 64.2 Å². The zero-order chi connectivity index (χ0) is 16.6.